The minimum atomic E-state index is -4.50. The molecule has 1 N–H and O–H groups in total. The van der Waals surface area contributed by atoms with Crippen LogP contribution in [0.15, 0.2) is 48.5 Å². The van der Waals surface area contributed by atoms with Gasteiger partial charge in [-0.05, 0) is 75.9 Å². The van der Waals surface area contributed by atoms with Crippen molar-refractivity contribution in [1.82, 2.24) is 10.2 Å². The summed E-state index contributed by atoms with van der Waals surface area (Å²) in [4.78, 5) is 28.6. The van der Waals surface area contributed by atoms with Crippen molar-refractivity contribution in [3.8, 4) is 0 Å². The van der Waals surface area contributed by atoms with Crippen LogP contribution in [0.3, 0.4) is 0 Å². The number of nitrogens with zero attached hydrogens (tertiary/aromatic N) is 1. The Hall–Kier alpha value is -2.87. The number of amides is 1. The number of piperidine rings is 1. The molecule has 5 nitrogen and oxygen atoms in total. The monoisotopic (exact) mass is 502 g/mol. The lowest BCUT2D eigenvalue weighted by molar-refractivity contribution is -0.138. The molecule has 1 fully saturated rings. The Morgan fingerprint density at radius 2 is 1.67 bits per heavy atom. The number of fused-ring (bicyclic) bond motifs is 2. The van der Waals surface area contributed by atoms with Crippen molar-refractivity contribution in [2.24, 2.45) is 0 Å². The molecule has 1 saturated heterocycles. The molecule has 1 atom stereocenters. The van der Waals surface area contributed by atoms with E-state index in [2.05, 4.69) is 5.32 Å². The first kappa shape index (κ1) is 26.2. The normalized spacial score (nSPS) is 19.6. The van der Waals surface area contributed by atoms with Crippen molar-refractivity contribution in [3.05, 3.63) is 70.8 Å². The van der Waals surface area contributed by atoms with Crippen molar-refractivity contribution in [3.63, 3.8) is 0 Å². The van der Waals surface area contributed by atoms with E-state index in [-0.39, 0.29) is 29.6 Å². The van der Waals surface area contributed by atoms with Crippen molar-refractivity contribution in [1.29, 1.82) is 0 Å². The highest BCUT2D eigenvalue weighted by molar-refractivity contribution is 5.90. The zero-order valence-corrected chi connectivity index (χ0v) is 21.0. The molecule has 0 aromatic heterocycles. The lowest BCUT2D eigenvalue weighted by Gasteiger charge is -2.49. The van der Waals surface area contributed by atoms with Gasteiger partial charge < -0.3 is 10.1 Å². The number of aryl methyl sites for hydroxylation is 1. The summed E-state index contributed by atoms with van der Waals surface area (Å²) in [6.45, 7) is 7.23. The van der Waals surface area contributed by atoms with E-state index in [1.54, 1.807) is 26.8 Å². The summed E-state index contributed by atoms with van der Waals surface area (Å²) in [5, 5.41) is 3.37. The van der Waals surface area contributed by atoms with Crippen LogP contribution < -0.4 is 5.32 Å². The Bertz CT molecular complexity index is 1120. The zero-order valence-electron chi connectivity index (χ0n) is 21.0. The van der Waals surface area contributed by atoms with Crippen LogP contribution >= 0.6 is 0 Å². The summed E-state index contributed by atoms with van der Waals surface area (Å²) in [6.07, 6.45) is -3.65. The van der Waals surface area contributed by atoms with Gasteiger partial charge in [-0.1, -0.05) is 42.5 Å². The summed E-state index contributed by atoms with van der Waals surface area (Å²) >= 11 is 0. The molecule has 0 bridgehead atoms. The molecule has 2 aliphatic heterocycles. The Balaban J connectivity index is 1.69. The van der Waals surface area contributed by atoms with Crippen molar-refractivity contribution in [2.45, 2.75) is 69.7 Å². The van der Waals surface area contributed by atoms with Crippen LogP contribution in [0.1, 0.15) is 68.3 Å². The number of nitrogens with one attached hydrogen (secondary N) is 1. The van der Waals surface area contributed by atoms with Crippen LogP contribution in [0.25, 0.3) is 0 Å². The van der Waals surface area contributed by atoms with Crippen LogP contribution in [0.5, 0.6) is 0 Å². The van der Waals surface area contributed by atoms with Gasteiger partial charge in [0.25, 0.3) is 0 Å². The first-order chi connectivity index (χ1) is 16.9. The molecule has 1 amide bonds. The number of ether oxygens (including phenoxy) is 1. The predicted molar refractivity (Wildman–Crippen MR) is 131 cm³/mol. The van der Waals surface area contributed by atoms with E-state index in [0.29, 0.717) is 6.54 Å². The molecule has 0 radical (unpaired) electrons. The van der Waals surface area contributed by atoms with Gasteiger partial charge in [-0.2, -0.15) is 13.2 Å². The number of carbonyl (C=O) groups excluding carboxylic acids is 2. The van der Waals surface area contributed by atoms with E-state index >= 15 is 0 Å². The summed E-state index contributed by atoms with van der Waals surface area (Å²) in [7, 11) is 0. The first-order valence-electron chi connectivity index (χ1n) is 12.4. The molecule has 36 heavy (non-hydrogen) atoms. The number of halogens is 3. The van der Waals surface area contributed by atoms with E-state index in [1.165, 1.54) is 17.0 Å². The smallest absolute Gasteiger partial charge is 0.416 e. The van der Waals surface area contributed by atoms with Gasteiger partial charge >= 0.3 is 12.3 Å². The third-order valence-corrected chi connectivity index (χ3v) is 7.07. The minimum absolute atomic E-state index is 0.0651. The second-order valence-electron chi connectivity index (χ2n) is 10.7. The largest absolute Gasteiger partial charge is 0.444 e. The van der Waals surface area contributed by atoms with E-state index < -0.39 is 29.5 Å². The SMILES string of the molecule is CC(C)(C)OC(=O)N1CC2(CCNCC2)c2ccccc2[C@@H]1C(=O)CCc1ccccc1C(F)(F)F. The molecule has 2 aromatic carbocycles. The lowest BCUT2D eigenvalue weighted by atomic mass is 9.67. The quantitative estimate of drug-likeness (QED) is 0.572. The summed E-state index contributed by atoms with van der Waals surface area (Å²) in [6, 6.07) is 12.1. The number of hydrogen-bond donors (Lipinski definition) is 1. The van der Waals surface area contributed by atoms with Gasteiger partial charge in [0.2, 0.25) is 0 Å². The van der Waals surface area contributed by atoms with E-state index in [1.807, 2.05) is 24.3 Å². The van der Waals surface area contributed by atoms with Gasteiger partial charge in [0.05, 0.1) is 5.56 Å². The number of alkyl halides is 3. The maximum Gasteiger partial charge on any atom is 0.416 e. The van der Waals surface area contributed by atoms with Crippen LogP contribution in [-0.4, -0.2) is 42.0 Å². The molecule has 1 spiro atoms. The predicted octanol–water partition coefficient (Wildman–Crippen LogP) is 5.82. The van der Waals surface area contributed by atoms with Gasteiger partial charge in [-0.3, -0.25) is 9.69 Å². The van der Waals surface area contributed by atoms with Crippen molar-refractivity contribution >= 4 is 11.9 Å². The molecule has 8 heteroatoms. The Morgan fingerprint density at radius 3 is 2.33 bits per heavy atom. The first-order valence-corrected chi connectivity index (χ1v) is 12.4. The molecule has 4 rings (SSSR count). The molecule has 2 heterocycles. The molecule has 0 saturated carbocycles. The zero-order chi connectivity index (χ0) is 26.1. The fourth-order valence-electron chi connectivity index (χ4n) is 5.47. The van der Waals surface area contributed by atoms with Crippen LogP contribution in [-0.2, 0) is 27.5 Å². The fraction of sp³-hybridized carbons (Fsp3) is 0.500. The summed E-state index contributed by atoms with van der Waals surface area (Å²) in [5.41, 5.74) is 0.0547. The maximum atomic E-state index is 13.7. The van der Waals surface area contributed by atoms with E-state index in [0.717, 1.165) is 43.1 Å². The Morgan fingerprint density at radius 1 is 1.03 bits per heavy atom. The molecular formula is C28H33F3N2O3. The Labute approximate surface area is 210 Å². The highest BCUT2D eigenvalue weighted by Gasteiger charge is 2.48. The molecule has 2 aliphatic rings. The average Bonchev–Trinajstić information content (AvgIpc) is 2.81. The minimum Gasteiger partial charge on any atom is -0.444 e. The van der Waals surface area contributed by atoms with Gasteiger partial charge in [-0.15, -0.1) is 0 Å². The third-order valence-electron chi connectivity index (χ3n) is 7.07. The second-order valence-corrected chi connectivity index (χ2v) is 10.7. The summed E-state index contributed by atoms with van der Waals surface area (Å²) < 4.78 is 46.2. The van der Waals surface area contributed by atoms with Crippen molar-refractivity contribution in [2.75, 3.05) is 19.6 Å². The van der Waals surface area contributed by atoms with Crippen molar-refractivity contribution < 1.29 is 27.5 Å². The fourth-order valence-corrected chi connectivity index (χ4v) is 5.47. The molecule has 0 unspecified atom stereocenters. The maximum absolute atomic E-state index is 13.7. The van der Waals surface area contributed by atoms with Gasteiger partial charge in [0, 0.05) is 18.4 Å². The highest BCUT2D eigenvalue weighted by Crippen LogP contribution is 2.46. The summed E-state index contributed by atoms with van der Waals surface area (Å²) in [5.74, 6) is -0.297. The number of benzene rings is 2. The number of rotatable bonds is 4. The molecule has 194 valence electrons. The number of ketones is 1. The number of carbonyl (C=O) groups is 2. The highest BCUT2D eigenvalue weighted by atomic mass is 19.4. The molecule has 2 aromatic rings. The Kier molecular flexibility index (Phi) is 7.19. The second kappa shape index (κ2) is 9.88. The van der Waals surface area contributed by atoms with E-state index in [4.69, 9.17) is 4.74 Å². The molecular weight excluding hydrogens is 469 g/mol. The third kappa shape index (κ3) is 5.43. The average molecular weight is 503 g/mol. The van der Waals surface area contributed by atoms with Gasteiger partial charge in [0.15, 0.2) is 5.78 Å². The molecule has 0 aliphatic carbocycles. The van der Waals surface area contributed by atoms with Crippen LogP contribution in [0.2, 0.25) is 0 Å². The van der Waals surface area contributed by atoms with Crippen LogP contribution in [0, 0.1) is 0 Å². The van der Waals surface area contributed by atoms with E-state index in [9.17, 15) is 22.8 Å². The number of Topliss-reactive ketones (excluding diaryl/α,β-unsaturated/α-hetero) is 1. The van der Waals surface area contributed by atoms with Crippen LogP contribution in [0.4, 0.5) is 18.0 Å². The number of hydrogen-bond acceptors (Lipinski definition) is 4. The van der Waals surface area contributed by atoms with Gasteiger partial charge in [0.1, 0.15) is 11.6 Å². The lowest BCUT2D eigenvalue weighted by Crippen LogP contribution is -2.56. The van der Waals surface area contributed by atoms with Gasteiger partial charge in [-0.25, -0.2) is 4.79 Å². The topological polar surface area (TPSA) is 58.6 Å². The standard InChI is InChI=1S/C28H33F3N2O3/c1-26(2,3)36-25(35)33-18-27(14-16-32-17-15-27)22-11-7-5-9-20(22)24(33)23(34)13-12-19-8-4-6-10-21(19)28(29,30)31/h4-11,24,32H,12-18H2,1-3H3/t24-/m1/s1.